The molecule has 6 heteroatoms. The average molecular weight is 267 g/mol. The molecule has 0 heterocycles. The number of amides is 1. The Morgan fingerprint density at radius 2 is 2.21 bits per heavy atom. The molecule has 0 aliphatic rings. The molecule has 104 valence electrons. The van der Waals surface area contributed by atoms with Gasteiger partial charge in [-0.3, -0.25) is 9.59 Å². The van der Waals surface area contributed by atoms with E-state index in [0.717, 1.165) is 0 Å². The molecule has 19 heavy (non-hydrogen) atoms. The zero-order valence-electron chi connectivity index (χ0n) is 10.9. The van der Waals surface area contributed by atoms with Crippen LogP contribution in [0.5, 0.6) is 11.5 Å². The summed E-state index contributed by atoms with van der Waals surface area (Å²) in [5.74, 6) is 0.0866. The second-order valence-corrected chi connectivity index (χ2v) is 3.78. The summed E-state index contributed by atoms with van der Waals surface area (Å²) in [6.45, 7) is 2.36. The molecule has 6 nitrogen and oxygen atoms in total. The first-order valence-electron chi connectivity index (χ1n) is 5.84. The molecule has 0 saturated heterocycles. The summed E-state index contributed by atoms with van der Waals surface area (Å²) < 4.78 is 10.6. The van der Waals surface area contributed by atoms with E-state index in [0.29, 0.717) is 30.1 Å². The van der Waals surface area contributed by atoms with Gasteiger partial charge in [-0.05, 0) is 24.6 Å². The van der Waals surface area contributed by atoms with Crippen LogP contribution < -0.4 is 14.8 Å². The normalized spacial score (nSPS) is 11.5. The maximum Gasteiger partial charge on any atom is 0.305 e. The van der Waals surface area contributed by atoms with E-state index in [1.807, 2.05) is 6.92 Å². The Morgan fingerprint density at radius 3 is 2.74 bits per heavy atom. The van der Waals surface area contributed by atoms with Gasteiger partial charge in [0.15, 0.2) is 11.5 Å². The van der Waals surface area contributed by atoms with Crippen molar-refractivity contribution in [1.82, 2.24) is 5.32 Å². The van der Waals surface area contributed by atoms with Crippen molar-refractivity contribution in [3.05, 3.63) is 23.8 Å². The van der Waals surface area contributed by atoms with Gasteiger partial charge in [0.1, 0.15) is 0 Å². The van der Waals surface area contributed by atoms with Gasteiger partial charge in [-0.15, -0.1) is 0 Å². The molecule has 0 saturated carbocycles. The Balaban J connectivity index is 3.02. The SMILES string of the molecule is CCOc1ccc(C(CC(=O)O)NC=O)cc1OC. The lowest BCUT2D eigenvalue weighted by Gasteiger charge is -2.17. The predicted molar refractivity (Wildman–Crippen MR) is 68.4 cm³/mol. The van der Waals surface area contributed by atoms with E-state index in [2.05, 4.69) is 5.32 Å². The van der Waals surface area contributed by atoms with Crippen LogP contribution in [0.3, 0.4) is 0 Å². The van der Waals surface area contributed by atoms with Gasteiger partial charge in [-0.2, -0.15) is 0 Å². The Kier molecular flexibility index (Phi) is 5.66. The number of aliphatic carboxylic acids is 1. The summed E-state index contributed by atoms with van der Waals surface area (Å²) in [7, 11) is 1.50. The maximum absolute atomic E-state index is 10.8. The van der Waals surface area contributed by atoms with Crippen molar-refractivity contribution in [3.63, 3.8) is 0 Å². The minimum atomic E-state index is -0.993. The predicted octanol–water partition coefficient (Wildman–Crippen LogP) is 1.36. The monoisotopic (exact) mass is 267 g/mol. The van der Waals surface area contributed by atoms with Crippen molar-refractivity contribution >= 4 is 12.4 Å². The molecule has 0 radical (unpaired) electrons. The van der Waals surface area contributed by atoms with Gasteiger partial charge in [0.05, 0.1) is 26.2 Å². The van der Waals surface area contributed by atoms with Crippen molar-refractivity contribution in [2.45, 2.75) is 19.4 Å². The first kappa shape index (κ1) is 14.8. The van der Waals surface area contributed by atoms with E-state index in [1.54, 1.807) is 18.2 Å². The number of carboxylic acid groups (broad SMARTS) is 1. The Bertz CT molecular complexity index is 447. The van der Waals surface area contributed by atoms with Gasteiger partial charge >= 0.3 is 5.97 Å². The fourth-order valence-corrected chi connectivity index (χ4v) is 1.71. The van der Waals surface area contributed by atoms with Crippen LogP contribution in [0.4, 0.5) is 0 Å². The standard InChI is InChI=1S/C13H17NO5/c1-3-19-11-5-4-9(6-12(11)18-2)10(14-8-15)7-13(16)17/h4-6,8,10H,3,7H2,1-2H3,(H,14,15)(H,16,17). The van der Waals surface area contributed by atoms with Gasteiger partial charge in [-0.1, -0.05) is 6.07 Å². The summed E-state index contributed by atoms with van der Waals surface area (Å²) in [6.07, 6.45) is 0.284. The lowest BCUT2D eigenvalue weighted by molar-refractivity contribution is -0.137. The highest BCUT2D eigenvalue weighted by molar-refractivity contribution is 5.68. The first-order chi connectivity index (χ1) is 9.12. The van der Waals surface area contributed by atoms with E-state index >= 15 is 0 Å². The Morgan fingerprint density at radius 1 is 1.47 bits per heavy atom. The van der Waals surface area contributed by atoms with Crippen molar-refractivity contribution in [2.24, 2.45) is 0 Å². The second-order valence-electron chi connectivity index (χ2n) is 3.78. The highest BCUT2D eigenvalue weighted by Crippen LogP contribution is 2.31. The molecule has 1 unspecified atom stereocenters. The van der Waals surface area contributed by atoms with Gasteiger partial charge in [0.25, 0.3) is 0 Å². The molecule has 0 aromatic heterocycles. The molecule has 1 amide bonds. The van der Waals surface area contributed by atoms with Crippen molar-refractivity contribution in [3.8, 4) is 11.5 Å². The van der Waals surface area contributed by atoms with Crippen LogP contribution in [0.1, 0.15) is 24.9 Å². The second kappa shape index (κ2) is 7.25. The number of nitrogens with one attached hydrogen (secondary N) is 1. The lowest BCUT2D eigenvalue weighted by atomic mass is 10.0. The Hall–Kier alpha value is -2.24. The summed E-state index contributed by atoms with van der Waals surface area (Å²) in [5.41, 5.74) is 0.648. The number of rotatable bonds is 8. The molecule has 1 rings (SSSR count). The van der Waals surface area contributed by atoms with Crippen LogP contribution in [-0.4, -0.2) is 31.2 Å². The number of hydrogen-bond acceptors (Lipinski definition) is 4. The molecule has 0 aliphatic carbocycles. The highest BCUT2D eigenvalue weighted by atomic mass is 16.5. The fraction of sp³-hybridized carbons (Fsp3) is 0.385. The number of carbonyl (C=O) groups is 2. The van der Waals surface area contributed by atoms with E-state index in [9.17, 15) is 9.59 Å². The zero-order chi connectivity index (χ0) is 14.3. The summed E-state index contributed by atoms with van der Waals surface area (Å²) in [5, 5.41) is 11.3. The van der Waals surface area contributed by atoms with Gasteiger partial charge in [-0.25, -0.2) is 0 Å². The number of ether oxygens (including phenoxy) is 2. The topological polar surface area (TPSA) is 84.9 Å². The smallest absolute Gasteiger partial charge is 0.305 e. The van der Waals surface area contributed by atoms with Gasteiger partial charge in [0.2, 0.25) is 6.41 Å². The van der Waals surface area contributed by atoms with E-state index in [4.69, 9.17) is 14.6 Å². The maximum atomic E-state index is 10.8. The molecule has 0 aliphatic heterocycles. The Labute approximate surface area is 111 Å². The molecule has 0 fully saturated rings. The minimum Gasteiger partial charge on any atom is -0.493 e. The van der Waals surface area contributed by atoms with Gasteiger partial charge in [0, 0.05) is 0 Å². The zero-order valence-corrected chi connectivity index (χ0v) is 10.9. The van der Waals surface area contributed by atoms with Crippen LogP contribution in [-0.2, 0) is 9.59 Å². The van der Waals surface area contributed by atoms with Crippen molar-refractivity contribution in [1.29, 1.82) is 0 Å². The van der Waals surface area contributed by atoms with E-state index in [1.165, 1.54) is 7.11 Å². The third-order valence-corrected chi connectivity index (χ3v) is 2.54. The van der Waals surface area contributed by atoms with E-state index < -0.39 is 12.0 Å². The van der Waals surface area contributed by atoms with E-state index in [-0.39, 0.29) is 6.42 Å². The van der Waals surface area contributed by atoms with Crippen LogP contribution in [0.2, 0.25) is 0 Å². The van der Waals surface area contributed by atoms with Crippen LogP contribution >= 0.6 is 0 Å². The minimum absolute atomic E-state index is 0.199. The fourth-order valence-electron chi connectivity index (χ4n) is 1.71. The summed E-state index contributed by atoms with van der Waals surface area (Å²) in [6, 6.07) is 4.46. The highest BCUT2D eigenvalue weighted by Gasteiger charge is 2.17. The lowest BCUT2D eigenvalue weighted by Crippen LogP contribution is -2.22. The quantitative estimate of drug-likeness (QED) is 0.695. The molecule has 1 aromatic rings. The molecule has 1 atom stereocenters. The summed E-state index contributed by atoms with van der Waals surface area (Å²) >= 11 is 0. The first-order valence-corrected chi connectivity index (χ1v) is 5.84. The number of hydrogen-bond donors (Lipinski definition) is 2. The van der Waals surface area contributed by atoms with Crippen LogP contribution in [0.15, 0.2) is 18.2 Å². The van der Waals surface area contributed by atoms with Crippen molar-refractivity contribution < 1.29 is 24.2 Å². The molecular formula is C13H17NO5. The van der Waals surface area contributed by atoms with Crippen molar-refractivity contribution in [2.75, 3.05) is 13.7 Å². The number of carboxylic acids is 1. The molecule has 2 N–H and O–H groups in total. The molecule has 0 spiro atoms. The molecule has 0 bridgehead atoms. The average Bonchev–Trinajstić information content (AvgIpc) is 2.38. The third kappa shape index (κ3) is 4.17. The van der Waals surface area contributed by atoms with Gasteiger partial charge < -0.3 is 19.9 Å². The summed E-state index contributed by atoms with van der Waals surface area (Å²) in [4.78, 5) is 21.3. The number of carbonyl (C=O) groups excluding carboxylic acids is 1. The third-order valence-electron chi connectivity index (χ3n) is 2.54. The molecular weight excluding hydrogens is 250 g/mol. The van der Waals surface area contributed by atoms with Crippen LogP contribution in [0.25, 0.3) is 0 Å². The largest absolute Gasteiger partial charge is 0.493 e. The van der Waals surface area contributed by atoms with Crippen LogP contribution in [0, 0.1) is 0 Å². The number of methoxy groups -OCH3 is 1. The number of benzene rings is 1. The molecule has 1 aromatic carbocycles.